The smallest absolute Gasteiger partial charge is 0.224 e. The van der Waals surface area contributed by atoms with Gasteiger partial charge >= 0.3 is 0 Å². The first-order chi connectivity index (χ1) is 10.8. The third-order valence-electron chi connectivity index (χ3n) is 3.57. The van der Waals surface area contributed by atoms with Gasteiger partial charge in [0.05, 0.1) is 12.0 Å². The molecule has 0 heterocycles. The lowest BCUT2D eigenvalue weighted by Gasteiger charge is -2.24. The summed E-state index contributed by atoms with van der Waals surface area (Å²) >= 11 is 1.73. The molecule has 0 fully saturated rings. The number of guanidine groups is 1. The third-order valence-corrected chi connectivity index (χ3v) is 4.31. The fourth-order valence-electron chi connectivity index (χ4n) is 1.90. The molecule has 24 heavy (non-hydrogen) atoms. The van der Waals surface area contributed by atoms with Crippen molar-refractivity contribution in [3.05, 3.63) is 29.8 Å². The number of thioether (sulfide) groups is 1. The largest absolute Gasteiger partial charge is 0.369 e. The van der Waals surface area contributed by atoms with Crippen molar-refractivity contribution in [2.75, 3.05) is 26.4 Å². The molecule has 0 radical (unpaired) electrons. The van der Waals surface area contributed by atoms with Gasteiger partial charge in [0, 0.05) is 25.0 Å². The van der Waals surface area contributed by atoms with Crippen LogP contribution in [-0.2, 0) is 11.3 Å². The number of nitrogens with zero attached hydrogens (tertiary/aromatic N) is 2. The van der Waals surface area contributed by atoms with Crippen LogP contribution in [-0.4, -0.2) is 43.2 Å². The molecule has 5 nitrogen and oxygen atoms in total. The summed E-state index contributed by atoms with van der Waals surface area (Å²) in [6.45, 7) is 7.52. The van der Waals surface area contributed by atoms with Crippen molar-refractivity contribution in [1.82, 2.24) is 10.2 Å². The van der Waals surface area contributed by atoms with Crippen LogP contribution in [0.3, 0.4) is 0 Å². The molecule has 0 aromatic heterocycles. The predicted octanol–water partition coefficient (Wildman–Crippen LogP) is 2.94. The lowest BCUT2D eigenvalue weighted by Crippen LogP contribution is -2.40. The number of carbonyl (C=O) groups is 1. The summed E-state index contributed by atoms with van der Waals surface area (Å²) in [6.07, 6.45) is 2.07. The van der Waals surface area contributed by atoms with Crippen molar-refractivity contribution in [3.8, 4) is 0 Å². The molecule has 0 saturated heterocycles. The summed E-state index contributed by atoms with van der Waals surface area (Å²) in [6, 6.07) is 8.49. The topological polar surface area (TPSA) is 70.7 Å². The summed E-state index contributed by atoms with van der Waals surface area (Å²) in [7, 11) is 1.99. The zero-order valence-electron chi connectivity index (χ0n) is 15.1. The zero-order valence-corrected chi connectivity index (χ0v) is 18.3. The van der Waals surface area contributed by atoms with Crippen LogP contribution < -0.4 is 11.1 Å². The minimum absolute atomic E-state index is 0. The second-order valence-electron chi connectivity index (χ2n) is 6.12. The van der Waals surface area contributed by atoms with E-state index in [1.54, 1.807) is 11.8 Å². The van der Waals surface area contributed by atoms with Crippen LogP contribution in [0.5, 0.6) is 0 Å². The van der Waals surface area contributed by atoms with Crippen molar-refractivity contribution in [3.63, 3.8) is 0 Å². The third kappa shape index (κ3) is 7.29. The SMILES string of the molecule is CCNC(=NCC(C)(C)C(N)=O)N(C)Cc1ccc(SC)cc1.I. The first kappa shape index (κ1) is 23.0. The van der Waals surface area contributed by atoms with Crippen molar-refractivity contribution in [1.29, 1.82) is 0 Å². The van der Waals surface area contributed by atoms with Crippen LogP contribution in [0, 0.1) is 5.41 Å². The maximum absolute atomic E-state index is 11.4. The molecule has 0 aliphatic rings. The summed E-state index contributed by atoms with van der Waals surface area (Å²) in [5.74, 6) is 0.433. The van der Waals surface area contributed by atoms with Gasteiger partial charge in [-0.05, 0) is 44.7 Å². The van der Waals surface area contributed by atoms with Crippen molar-refractivity contribution in [2.24, 2.45) is 16.1 Å². The van der Waals surface area contributed by atoms with Gasteiger partial charge in [0.25, 0.3) is 0 Å². The molecule has 1 aromatic rings. The molecule has 0 unspecified atom stereocenters. The molecule has 1 rings (SSSR count). The molecule has 0 atom stereocenters. The molecular weight excluding hydrogens is 435 g/mol. The molecule has 3 N–H and O–H groups in total. The lowest BCUT2D eigenvalue weighted by molar-refractivity contribution is -0.125. The van der Waals surface area contributed by atoms with Gasteiger partial charge in [-0.15, -0.1) is 35.7 Å². The molecule has 7 heteroatoms. The molecule has 0 aliphatic heterocycles. The molecule has 136 valence electrons. The van der Waals surface area contributed by atoms with Gasteiger partial charge in [-0.1, -0.05) is 12.1 Å². The average molecular weight is 464 g/mol. The normalized spacial score (nSPS) is 11.6. The Kier molecular flexibility index (Phi) is 10.4. The standard InChI is InChI=1S/C17H28N4OS.HI/c1-6-19-16(20-12-17(2,3)15(18)22)21(4)11-13-7-9-14(23-5)10-8-13;/h7-10H,6,11-12H2,1-5H3,(H2,18,22)(H,19,20);1H. The van der Waals surface area contributed by atoms with Gasteiger partial charge in [0.15, 0.2) is 5.96 Å². The number of amides is 1. The van der Waals surface area contributed by atoms with Crippen LogP contribution in [0.4, 0.5) is 0 Å². The fraction of sp³-hybridized carbons (Fsp3) is 0.529. The number of hydrogen-bond donors (Lipinski definition) is 2. The van der Waals surface area contributed by atoms with Crippen molar-refractivity contribution >= 4 is 47.6 Å². The summed E-state index contributed by atoms with van der Waals surface area (Å²) < 4.78 is 0. The van der Waals surface area contributed by atoms with Crippen LogP contribution >= 0.6 is 35.7 Å². The lowest BCUT2D eigenvalue weighted by atomic mass is 9.93. The Morgan fingerprint density at radius 3 is 2.38 bits per heavy atom. The van der Waals surface area contributed by atoms with Crippen LogP contribution in [0.2, 0.25) is 0 Å². The minimum atomic E-state index is -0.651. The van der Waals surface area contributed by atoms with Crippen LogP contribution in [0.25, 0.3) is 0 Å². The number of hydrogen-bond acceptors (Lipinski definition) is 3. The van der Waals surface area contributed by atoms with E-state index in [1.807, 2.05) is 27.8 Å². The minimum Gasteiger partial charge on any atom is -0.369 e. The van der Waals surface area contributed by atoms with Gasteiger partial charge in [-0.3, -0.25) is 9.79 Å². The highest BCUT2D eigenvalue weighted by Gasteiger charge is 2.24. The summed E-state index contributed by atoms with van der Waals surface area (Å²) in [5, 5.41) is 3.26. The quantitative estimate of drug-likeness (QED) is 0.282. The second-order valence-corrected chi connectivity index (χ2v) is 7.00. The first-order valence-electron chi connectivity index (χ1n) is 7.72. The van der Waals surface area contributed by atoms with E-state index in [2.05, 4.69) is 45.7 Å². The molecule has 0 aliphatic carbocycles. The van der Waals surface area contributed by atoms with E-state index in [0.29, 0.717) is 6.54 Å². The van der Waals surface area contributed by atoms with E-state index in [9.17, 15) is 4.79 Å². The van der Waals surface area contributed by atoms with Gasteiger partial charge in [0.2, 0.25) is 5.91 Å². The Labute approximate surface area is 166 Å². The van der Waals surface area contributed by atoms with E-state index in [4.69, 9.17) is 5.73 Å². The van der Waals surface area contributed by atoms with E-state index in [0.717, 1.165) is 19.0 Å². The maximum Gasteiger partial charge on any atom is 0.224 e. The number of benzene rings is 1. The highest BCUT2D eigenvalue weighted by molar-refractivity contribution is 14.0. The number of carbonyl (C=O) groups excluding carboxylic acids is 1. The fourth-order valence-corrected chi connectivity index (χ4v) is 2.31. The Bertz CT molecular complexity index is 546. The number of rotatable bonds is 7. The molecule has 1 amide bonds. The zero-order chi connectivity index (χ0) is 17.5. The molecule has 0 saturated carbocycles. The van der Waals surface area contributed by atoms with Gasteiger partial charge in [-0.2, -0.15) is 0 Å². The second kappa shape index (κ2) is 10.8. The Morgan fingerprint density at radius 2 is 1.92 bits per heavy atom. The number of nitrogens with two attached hydrogens (primary N) is 1. The van der Waals surface area contributed by atoms with E-state index in [-0.39, 0.29) is 29.9 Å². The van der Waals surface area contributed by atoms with Gasteiger partial charge in [0.1, 0.15) is 0 Å². The van der Waals surface area contributed by atoms with Crippen molar-refractivity contribution in [2.45, 2.75) is 32.2 Å². The first-order valence-corrected chi connectivity index (χ1v) is 8.95. The number of aliphatic imine (C=N–C) groups is 1. The highest BCUT2D eigenvalue weighted by Crippen LogP contribution is 2.16. The molecular formula is C17H29IN4OS. The number of halogens is 1. The number of primary amides is 1. The van der Waals surface area contributed by atoms with Crippen LogP contribution in [0.15, 0.2) is 34.2 Å². The van der Waals surface area contributed by atoms with Gasteiger partial charge in [-0.25, -0.2) is 0 Å². The van der Waals surface area contributed by atoms with E-state index in [1.165, 1.54) is 10.5 Å². The molecule has 0 spiro atoms. The Balaban J connectivity index is 0.00000529. The predicted molar refractivity (Wildman–Crippen MR) is 114 cm³/mol. The molecule has 0 bridgehead atoms. The van der Waals surface area contributed by atoms with E-state index >= 15 is 0 Å². The summed E-state index contributed by atoms with van der Waals surface area (Å²) in [5.41, 5.74) is 5.97. The maximum atomic E-state index is 11.4. The Morgan fingerprint density at radius 1 is 1.33 bits per heavy atom. The average Bonchev–Trinajstić information content (AvgIpc) is 2.51. The van der Waals surface area contributed by atoms with E-state index < -0.39 is 5.41 Å². The molecule has 1 aromatic carbocycles. The number of nitrogens with one attached hydrogen (secondary N) is 1. The van der Waals surface area contributed by atoms with Crippen molar-refractivity contribution < 1.29 is 4.79 Å². The summed E-state index contributed by atoms with van der Waals surface area (Å²) in [4.78, 5) is 19.3. The monoisotopic (exact) mass is 464 g/mol. The Hall–Kier alpha value is -0.960. The highest BCUT2D eigenvalue weighted by atomic mass is 127. The van der Waals surface area contributed by atoms with Crippen LogP contribution in [0.1, 0.15) is 26.3 Å². The van der Waals surface area contributed by atoms with Gasteiger partial charge < -0.3 is 16.0 Å².